The van der Waals surface area contributed by atoms with Gasteiger partial charge in [0.1, 0.15) is 11.9 Å². The molecule has 3 saturated carbocycles. The van der Waals surface area contributed by atoms with Gasteiger partial charge in [0.25, 0.3) is 0 Å². The summed E-state index contributed by atoms with van der Waals surface area (Å²) in [5.74, 6) is 5.69. The van der Waals surface area contributed by atoms with E-state index < -0.39 is 5.97 Å². The van der Waals surface area contributed by atoms with Gasteiger partial charge in [-0.05, 0) is 97.7 Å². The Hall–Kier alpha value is -1.35. The van der Waals surface area contributed by atoms with Crippen molar-refractivity contribution in [2.45, 2.75) is 124 Å². The van der Waals surface area contributed by atoms with Gasteiger partial charge < -0.3 is 20.9 Å². The maximum absolute atomic E-state index is 12.6. The number of amides is 1. The number of alkyl carbamates (subject to hydrolysis) is 1. The third kappa shape index (κ3) is 9.39. The second-order valence-electron chi connectivity index (χ2n) is 15.4. The van der Waals surface area contributed by atoms with E-state index in [0.717, 1.165) is 66.9 Å². The Balaban J connectivity index is 1.21. The average molecular weight is 664 g/mol. The van der Waals surface area contributed by atoms with E-state index in [2.05, 4.69) is 51.0 Å². The molecule has 0 aromatic carbocycles. The van der Waals surface area contributed by atoms with Crippen molar-refractivity contribution in [1.29, 1.82) is 0 Å². The number of nitrogens with one attached hydrogen (secondary N) is 1. The maximum Gasteiger partial charge on any atom is 0.407 e. The number of ether oxygens (including phenoxy) is 1. The number of rotatable bonds is 16. The van der Waals surface area contributed by atoms with Crippen LogP contribution in [0.15, 0.2) is 16.6 Å². The minimum absolute atomic E-state index is 0.0534. The molecule has 0 aromatic heterocycles. The molecule has 0 spiro atoms. The number of aliphatic carboxylic acids is 1. The fourth-order valence-corrected chi connectivity index (χ4v) is 11.7. The van der Waals surface area contributed by atoms with Crippen LogP contribution in [0.4, 0.5) is 4.79 Å². The highest BCUT2D eigenvalue weighted by Gasteiger charge is 2.59. The number of allylic oxidation sites excluding steroid dienone is 1. The van der Waals surface area contributed by atoms with Crippen molar-refractivity contribution in [3.63, 3.8) is 0 Å². The smallest absolute Gasteiger partial charge is 0.407 e. The van der Waals surface area contributed by atoms with E-state index in [4.69, 9.17) is 15.6 Å². The van der Waals surface area contributed by atoms with Crippen molar-refractivity contribution < 1.29 is 19.4 Å². The molecule has 0 radical (unpaired) electrons. The van der Waals surface area contributed by atoms with Gasteiger partial charge in [-0.3, -0.25) is 9.79 Å². The van der Waals surface area contributed by atoms with Gasteiger partial charge in [0, 0.05) is 25.1 Å². The summed E-state index contributed by atoms with van der Waals surface area (Å²) in [4.78, 5) is 27.5. The molecule has 0 bridgehead atoms. The lowest BCUT2D eigenvalue weighted by Gasteiger charge is -2.58. The van der Waals surface area contributed by atoms with Crippen LogP contribution in [0.5, 0.6) is 0 Å². The van der Waals surface area contributed by atoms with Crippen LogP contribution in [0, 0.1) is 46.3 Å². The number of carbonyl (C=O) groups excluding carboxylic acids is 1. The number of fused-ring (bicyclic) bond motifs is 5. The van der Waals surface area contributed by atoms with Crippen LogP contribution in [0.25, 0.3) is 0 Å². The zero-order chi connectivity index (χ0) is 32.6. The largest absolute Gasteiger partial charge is 0.481 e. The fourth-order valence-electron chi connectivity index (χ4n) is 9.85. The molecule has 4 N–H and O–H groups in total. The Morgan fingerprint density at radius 1 is 1.09 bits per heavy atom. The molecule has 45 heavy (non-hydrogen) atoms. The van der Waals surface area contributed by atoms with E-state index in [1.165, 1.54) is 73.0 Å². The summed E-state index contributed by atoms with van der Waals surface area (Å²) in [7, 11) is 2.88. The number of hydrogen-bond donors (Lipinski definition) is 3. The third-order valence-electron chi connectivity index (χ3n) is 12.2. The highest BCUT2D eigenvalue weighted by Crippen LogP contribution is 2.67. The molecule has 4 aliphatic rings. The Morgan fingerprint density at radius 2 is 1.89 bits per heavy atom. The van der Waals surface area contributed by atoms with E-state index in [-0.39, 0.29) is 23.4 Å². The summed E-state index contributed by atoms with van der Waals surface area (Å²) in [5.41, 5.74) is 8.30. The quantitative estimate of drug-likeness (QED) is 0.0498. The number of carbonyl (C=O) groups is 2. The minimum Gasteiger partial charge on any atom is -0.481 e. The standard InChI is InChI=1S/C36H61N3O4S2/c1-24(2)8-6-9-25(3)29-13-14-30-28-12-11-26-22-27(15-17-35(26,4)31(28)16-18-36(29,30)5)43-34(42)39-20-19-38-32(37)10-7-21-44-45-23-33(40)41/h11,24-25,27-31H,6-10,12-23H2,1-5H3,(H2,37,38)(H,39,42)(H,40,41)/t25-,27+,28+,29-,30+,31+,35+,36-/m1/s1. The van der Waals surface area contributed by atoms with Gasteiger partial charge in [0.05, 0.1) is 12.4 Å². The number of carboxylic acid groups (broad SMARTS) is 1. The third-order valence-corrected chi connectivity index (χ3v) is 14.5. The first kappa shape index (κ1) is 36.5. The van der Waals surface area contributed by atoms with E-state index in [1.54, 1.807) is 5.57 Å². The molecule has 1 amide bonds. The lowest BCUT2D eigenvalue weighted by molar-refractivity contribution is -0.133. The van der Waals surface area contributed by atoms with Crippen LogP contribution in [0.3, 0.4) is 0 Å². The lowest BCUT2D eigenvalue weighted by atomic mass is 9.47. The van der Waals surface area contributed by atoms with Crippen LogP contribution >= 0.6 is 21.6 Å². The van der Waals surface area contributed by atoms with Gasteiger partial charge in [-0.15, -0.1) is 0 Å². The van der Waals surface area contributed by atoms with Crippen LogP contribution in [0.1, 0.15) is 118 Å². The Kier molecular flexibility index (Phi) is 13.5. The maximum atomic E-state index is 12.6. The normalized spacial score (nSPS) is 33.5. The molecule has 0 unspecified atom stereocenters. The van der Waals surface area contributed by atoms with Gasteiger partial charge in [-0.2, -0.15) is 0 Å². The molecule has 3 fully saturated rings. The number of amidine groups is 1. The van der Waals surface area contributed by atoms with Crippen molar-refractivity contribution >= 4 is 39.5 Å². The molecular formula is C36H61N3O4S2. The Labute approximate surface area is 280 Å². The fraction of sp³-hybridized carbons (Fsp3) is 0.861. The Bertz CT molecular complexity index is 1070. The Morgan fingerprint density at radius 3 is 2.64 bits per heavy atom. The first-order valence-corrected chi connectivity index (χ1v) is 20.3. The summed E-state index contributed by atoms with van der Waals surface area (Å²) < 4.78 is 5.90. The number of aliphatic imine (C=N–C) groups is 1. The zero-order valence-electron chi connectivity index (χ0n) is 28.7. The molecule has 8 atom stereocenters. The molecule has 0 aliphatic heterocycles. The first-order chi connectivity index (χ1) is 21.4. The van der Waals surface area contributed by atoms with Crippen molar-refractivity contribution in [3.8, 4) is 0 Å². The SMILES string of the molecule is CC(C)CCC[C@@H](C)[C@H]1CC[C@H]2[C@@H]3CC=C4C[C@@H](OC(=O)NCCN=C(N)CCCSSCC(=O)O)CC[C@]4(C)[C@H]3CC[C@]12C. The van der Waals surface area contributed by atoms with Crippen LogP contribution < -0.4 is 11.1 Å². The minimum atomic E-state index is -0.799. The van der Waals surface area contributed by atoms with Crippen molar-refractivity contribution in [2.75, 3.05) is 24.6 Å². The van der Waals surface area contributed by atoms with Crippen LogP contribution in [-0.4, -0.2) is 53.7 Å². The second kappa shape index (κ2) is 16.7. The van der Waals surface area contributed by atoms with Crippen LogP contribution in [0.2, 0.25) is 0 Å². The molecule has 9 heteroatoms. The van der Waals surface area contributed by atoms with Crippen molar-refractivity contribution in [2.24, 2.45) is 57.1 Å². The molecule has 256 valence electrons. The van der Waals surface area contributed by atoms with Crippen LogP contribution in [-0.2, 0) is 9.53 Å². The molecule has 0 saturated heterocycles. The van der Waals surface area contributed by atoms with Crippen molar-refractivity contribution in [3.05, 3.63) is 11.6 Å². The van der Waals surface area contributed by atoms with E-state index in [9.17, 15) is 9.59 Å². The van der Waals surface area contributed by atoms with Gasteiger partial charge >= 0.3 is 12.1 Å². The highest BCUT2D eigenvalue weighted by molar-refractivity contribution is 8.76. The van der Waals surface area contributed by atoms with E-state index >= 15 is 0 Å². The van der Waals surface area contributed by atoms with Gasteiger partial charge in [-0.25, -0.2) is 4.79 Å². The summed E-state index contributed by atoms with van der Waals surface area (Å²) >= 11 is 0. The molecule has 0 heterocycles. The van der Waals surface area contributed by atoms with Gasteiger partial charge in [0.15, 0.2) is 0 Å². The number of nitrogens with zero attached hydrogens (tertiary/aromatic N) is 1. The highest BCUT2D eigenvalue weighted by atomic mass is 33.1. The predicted octanol–water partition coefficient (Wildman–Crippen LogP) is 8.73. The molecular weight excluding hydrogens is 603 g/mol. The van der Waals surface area contributed by atoms with Gasteiger partial charge in [0.2, 0.25) is 0 Å². The number of hydrogen-bond acceptors (Lipinski definition) is 6. The van der Waals surface area contributed by atoms with Gasteiger partial charge in [-0.1, -0.05) is 87.1 Å². The zero-order valence-corrected chi connectivity index (χ0v) is 30.3. The summed E-state index contributed by atoms with van der Waals surface area (Å²) in [6.07, 6.45) is 17.6. The average Bonchev–Trinajstić information content (AvgIpc) is 3.34. The topological polar surface area (TPSA) is 114 Å². The van der Waals surface area contributed by atoms with Crippen molar-refractivity contribution in [1.82, 2.24) is 5.32 Å². The van der Waals surface area contributed by atoms with E-state index in [1.807, 2.05) is 0 Å². The monoisotopic (exact) mass is 663 g/mol. The summed E-state index contributed by atoms with van der Waals surface area (Å²) in [6, 6.07) is 0. The number of nitrogens with two attached hydrogens (primary N) is 1. The number of carboxylic acids is 1. The molecule has 4 aliphatic carbocycles. The molecule has 4 rings (SSSR count). The summed E-state index contributed by atoms with van der Waals surface area (Å²) in [6.45, 7) is 13.3. The summed E-state index contributed by atoms with van der Waals surface area (Å²) in [5, 5.41) is 11.5. The molecule has 7 nitrogen and oxygen atoms in total. The molecule has 0 aromatic rings. The first-order valence-electron chi connectivity index (χ1n) is 17.8. The second-order valence-corrected chi connectivity index (χ2v) is 18.0. The van der Waals surface area contributed by atoms with E-state index in [0.29, 0.717) is 30.8 Å². The lowest BCUT2D eigenvalue weighted by Crippen LogP contribution is -2.51. The predicted molar refractivity (Wildman–Crippen MR) is 190 cm³/mol.